The largest absolute Gasteiger partial charge is 0.394 e. The molecule has 0 bridgehead atoms. The highest BCUT2D eigenvalue weighted by atomic mass is 16.8. The lowest BCUT2D eigenvalue weighted by atomic mass is 9.96. The van der Waals surface area contributed by atoms with E-state index in [0.717, 1.165) is 77.0 Å². The van der Waals surface area contributed by atoms with Crippen molar-refractivity contribution in [2.75, 3.05) is 26.4 Å². The number of hydrogen-bond donors (Lipinski definition) is 12. The molecule has 3 aliphatic heterocycles. The maximum absolute atomic E-state index is 13.4. The van der Waals surface area contributed by atoms with Crippen LogP contribution in [0.15, 0.2) is 60.8 Å². The number of rotatable bonds is 50. The van der Waals surface area contributed by atoms with Crippen LogP contribution in [-0.4, -0.2) is 193 Å². The molecule has 500 valence electrons. The Bertz CT molecular complexity index is 1800. The van der Waals surface area contributed by atoms with Gasteiger partial charge in [-0.05, 0) is 57.8 Å². The zero-order chi connectivity index (χ0) is 62.6. The fourth-order valence-corrected chi connectivity index (χ4v) is 11.1. The summed E-state index contributed by atoms with van der Waals surface area (Å²) < 4.78 is 34.3. The third-order valence-corrected chi connectivity index (χ3v) is 16.6. The predicted molar refractivity (Wildman–Crippen MR) is 332 cm³/mol. The van der Waals surface area contributed by atoms with E-state index in [4.69, 9.17) is 28.4 Å². The Kier molecular flexibility index (Phi) is 44.5. The second-order valence-electron chi connectivity index (χ2n) is 23.9. The Morgan fingerprint density at radius 3 is 1.26 bits per heavy atom. The van der Waals surface area contributed by atoms with Gasteiger partial charge in [0.05, 0.1) is 38.6 Å². The highest BCUT2D eigenvalue weighted by Crippen LogP contribution is 2.33. The number of aliphatic hydroxyl groups is 11. The minimum absolute atomic E-state index is 0.241. The van der Waals surface area contributed by atoms with E-state index in [0.29, 0.717) is 6.42 Å². The van der Waals surface area contributed by atoms with Gasteiger partial charge < -0.3 is 89.9 Å². The molecule has 3 saturated heterocycles. The van der Waals surface area contributed by atoms with E-state index in [1.54, 1.807) is 6.08 Å². The van der Waals surface area contributed by atoms with Gasteiger partial charge in [-0.1, -0.05) is 222 Å². The molecule has 0 aromatic carbocycles. The van der Waals surface area contributed by atoms with Crippen LogP contribution in [0.3, 0.4) is 0 Å². The molecule has 19 heteroatoms. The van der Waals surface area contributed by atoms with E-state index in [-0.39, 0.29) is 18.9 Å². The van der Waals surface area contributed by atoms with Crippen molar-refractivity contribution in [3.05, 3.63) is 60.8 Å². The first-order valence-corrected chi connectivity index (χ1v) is 33.5. The molecule has 0 aliphatic carbocycles. The summed E-state index contributed by atoms with van der Waals surface area (Å²) in [4.78, 5) is 13.4. The Hall–Kier alpha value is -2.51. The summed E-state index contributed by atoms with van der Waals surface area (Å²) in [5.41, 5.74) is 0. The fourth-order valence-electron chi connectivity index (χ4n) is 11.1. The minimum atomic E-state index is -1.98. The quantitative estimate of drug-likeness (QED) is 0.0203. The molecule has 1 amide bonds. The van der Waals surface area contributed by atoms with E-state index in [1.807, 2.05) is 6.08 Å². The van der Waals surface area contributed by atoms with Crippen LogP contribution < -0.4 is 5.32 Å². The average Bonchev–Trinajstić information content (AvgIpc) is 1.96. The molecule has 86 heavy (non-hydrogen) atoms. The van der Waals surface area contributed by atoms with Crippen LogP contribution in [0.25, 0.3) is 0 Å². The van der Waals surface area contributed by atoms with Crippen LogP contribution in [0, 0.1) is 0 Å². The zero-order valence-corrected chi connectivity index (χ0v) is 52.5. The molecular weight excluding hydrogens is 1110 g/mol. The molecule has 3 fully saturated rings. The van der Waals surface area contributed by atoms with Crippen molar-refractivity contribution in [3.63, 3.8) is 0 Å². The summed E-state index contributed by atoms with van der Waals surface area (Å²) >= 11 is 0. The second kappa shape index (κ2) is 49.2. The van der Waals surface area contributed by atoms with Gasteiger partial charge in [0.15, 0.2) is 18.9 Å². The van der Waals surface area contributed by atoms with Gasteiger partial charge in [-0.3, -0.25) is 4.79 Å². The number of ether oxygens (including phenoxy) is 6. The minimum Gasteiger partial charge on any atom is -0.394 e. The van der Waals surface area contributed by atoms with Gasteiger partial charge in [0.1, 0.15) is 73.2 Å². The van der Waals surface area contributed by atoms with E-state index in [2.05, 4.69) is 67.8 Å². The van der Waals surface area contributed by atoms with Crippen LogP contribution in [0.1, 0.15) is 226 Å². The standard InChI is InChI=1S/C67H119NO18/c1-3-5-7-9-11-13-15-17-19-20-21-22-23-24-25-26-27-28-29-30-31-33-35-37-39-41-43-45-55(73)68-50(51(72)44-42-40-38-36-34-32-18-16-14-12-10-8-6-4-2)49-81-65-61(79)58(76)63(53(47-70)83-65)86-67-62(80)59(77)64(54(48-71)84-67)85-66-60(78)57(75)56(74)52(46-69)82-66/h5,7,11,13,17,19,21-22,42,44,50-54,56-67,69-72,74-80H,3-4,6,8-10,12,14-16,18,20,23-41,43,45-49H2,1-2H3,(H,68,73)/b7-5-,13-11-,19-17-,22-21-,44-42+. The number of carbonyl (C=O) groups excluding carboxylic acids is 1. The van der Waals surface area contributed by atoms with E-state index < -0.39 is 124 Å². The normalized spacial score (nSPS) is 29.2. The maximum atomic E-state index is 13.4. The van der Waals surface area contributed by atoms with Crippen molar-refractivity contribution in [3.8, 4) is 0 Å². The molecule has 0 aromatic heterocycles. The van der Waals surface area contributed by atoms with Crippen LogP contribution in [-0.2, 0) is 33.2 Å². The molecule has 17 unspecified atom stereocenters. The number of carbonyl (C=O) groups is 1. The van der Waals surface area contributed by atoms with Crippen molar-refractivity contribution in [2.24, 2.45) is 0 Å². The summed E-state index contributed by atoms with van der Waals surface area (Å²) in [6, 6.07) is -0.974. The molecule has 3 heterocycles. The highest BCUT2D eigenvalue weighted by Gasteiger charge is 2.53. The van der Waals surface area contributed by atoms with Crippen molar-refractivity contribution >= 4 is 5.91 Å². The molecule has 19 nitrogen and oxygen atoms in total. The summed E-state index contributed by atoms with van der Waals surface area (Å²) in [6.07, 6.45) is 32.0. The highest BCUT2D eigenvalue weighted by molar-refractivity contribution is 5.76. The first-order valence-electron chi connectivity index (χ1n) is 33.5. The molecule has 0 radical (unpaired) electrons. The summed E-state index contributed by atoms with van der Waals surface area (Å²) in [5, 5.41) is 120. The van der Waals surface area contributed by atoms with Gasteiger partial charge in [-0.15, -0.1) is 0 Å². The second-order valence-corrected chi connectivity index (χ2v) is 23.9. The molecule has 3 aliphatic rings. The molecule has 3 rings (SSSR count). The van der Waals surface area contributed by atoms with Gasteiger partial charge in [-0.2, -0.15) is 0 Å². The van der Waals surface area contributed by atoms with E-state index in [9.17, 15) is 61.0 Å². The molecule has 12 N–H and O–H groups in total. The lowest BCUT2D eigenvalue weighted by molar-refractivity contribution is -0.379. The SMILES string of the molecule is CC/C=C\C/C=C\C/C=C\C/C=C\CCCCCCCCCCCCCCCCC(=O)NC(COC1OC(CO)C(OC2OC(CO)C(OC3OC(CO)C(O)C(O)C3O)C(O)C2O)C(O)C1O)C(O)/C=C/CCCCCCCCCCCCCC. The number of unbranched alkanes of at least 4 members (excludes halogenated alkanes) is 26. The van der Waals surface area contributed by atoms with Gasteiger partial charge >= 0.3 is 0 Å². The van der Waals surface area contributed by atoms with E-state index >= 15 is 0 Å². The van der Waals surface area contributed by atoms with Crippen molar-refractivity contribution in [1.82, 2.24) is 5.32 Å². The zero-order valence-electron chi connectivity index (χ0n) is 52.5. The summed E-state index contributed by atoms with van der Waals surface area (Å²) in [5.74, 6) is -0.278. The van der Waals surface area contributed by atoms with Gasteiger partial charge in [0, 0.05) is 6.42 Å². The van der Waals surface area contributed by atoms with Crippen molar-refractivity contribution < 1.29 is 89.4 Å². The Labute approximate surface area is 515 Å². The van der Waals surface area contributed by atoms with Crippen LogP contribution >= 0.6 is 0 Å². The monoisotopic (exact) mass is 1230 g/mol. The topological polar surface area (TPSA) is 307 Å². The summed E-state index contributed by atoms with van der Waals surface area (Å²) in [7, 11) is 0. The third-order valence-electron chi connectivity index (χ3n) is 16.6. The first kappa shape index (κ1) is 77.7. The molecule has 0 spiro atoms. The smallest absolute Gasteiger partial charge is 0.220 e. The van der Waals surface area contributed by atoms with Gasteiger partial charge in [0.25, 0.3) is 0 Å². The Morgan fingerprint density at radius 1 is 0.430 bits per heavy atom. The third kappa shape index (κ3) is 31.5. The van der Waals surface area contributed by atoms with E-state index in [1.165, 1.54) is 122 Å². The number of amides is 1. The number of aliphatic hydroxyl groups excluding tert-OH is 11. The maximum Gasteiger partial charge on any atom is 0.220 e. The average molecular weight is 1230 g/mol. The van der Waals surface area contributed by atoms with Gasteiger partial charge in [0.2, 0.25) is 5.91 Å². The molecule has 0 saturated carbocycles. The lowest BCUT2D eigenvalue weighted by Gasteiger charge is -2.48. The number of allylic oxidation sites excluding steroid dienone is 9. The van der Waals surface area contributed by atoms with Gasteiger partial charge in [-0.25, -0.2) is 0 Å². The Morgan fingerprint density at radius 2 is 0.802 bits per heavy atom. The van der Waals surface area contributed by atoms with Crippen molar-refractivity contribution in [2.45, 2.75) is 330 Å². The summed E-state index contributed by atoms with van der Waals surface area (Å²) in [6.45, 7) is 1.61. The van der Waals surface area contributed by atoms with Crippen molar-refractivity contribution in [1.29, 1.82) is 0 Å². The molecule has 0 aromatic rings. The molecular formula is C67H119NO18. The van der Waals surface area contributed by atoms with Crippen LogP contribution in [0.2, 0.25) is 0 Å². The number of hydrogen-bond acceptors (Lipinski definition) is 18. The predicted octanol–water partition coefficient (Wildman–Crippen LogP) is 7.99. The molecule has 17 atom stereocenters. The Balaban J connectivity index is 1.42. The van der Waals surface area contributed by atoms with Crippen LogP contribution in [0.5, 0.6) is 0 Å². The first-order chi connectivity index (χ1) is 41.8. The lowest BCUT2D eigenvalue weighted by Crippen LogP contribution is -2.66. The number of nitrogens with one attached hydrogen (secondary N) is 1. The van der Waals surface area contributed by atoms with Crippen LogP contribution in [0.4, 0.5) is 0 Å². The fraction of sp³-hybridized carbons (Fsp3) is 0.836.